The third-order valence-corrected chi connectivity index (χ3v) is 4.60. The standard InChI is InChI=1S/C17H25NO3/c1-12-4-5-13(2)15(10-12)21-16-11-17(19-8-9-20-17)7-6-14(16)18-3/h4-5,10,14,16,18H,6-9,11H2,1-3H3. The van der Waals surface area contributed by atoms with E-state index in [1.807, 2.05) is 7.05 Å². The molecule has 1 aliphatic carbocycles. The Morgan fingerprint density at radius 1 is 1.24 bits per heavy atom. The van der Waals surface area contributed by atoms with Gasteiger partial charge in [-0.05, 0) is 44.5 Å². The van der Waals surface area contributed by atoms with Crippen molar-refractivity contribution in [2.75, 3.05) is 20.3 Å². The summed E-state index contributed by atoms with van der Waals surface area (Å²) in [5, 5.41) is 3.38. The Morgan fingerprint density at radius 3 is 2.71 bits per heavy atom. The molecule has 1 heterocycles. The fourth-order valence-electron chi connectivity index (χ4n) is 3.32. The number of likely N-dealkylation sites (N-methyl/N-ethyl adjacent to an activating group) is 1. The van der Waals surface area contributed by atoms with Gasteiger partial charge in [0.15, 0.2) is 5.79 Å². The maximum Gasteiger partial charge on any atom is 0.172 e. The molecule has 1 aromatic carbocycles. The summed E-state index contributed by atoms with van der Waals surface area (Å²) in [6.45, 7) is 5.57. The fraction of sp³-hybridized carbons (Fsp3) is 0.647. The molecular weight excluding hydrogens is 266 g/mol. The lowest BCUT2D eigenvalue weighted by Gasteiger charge is -2.41. The van der Waals surface area contributed by atoms with E-state index < -0.39 is 5.79 Å². The molecule has 116 valence electrons. The maximum absolute atomic E-state index is 6.33. The first-order chi connectivity index (χ1) is 10.1. The summed E-state index contributed by atoms with van der Waals surface area (Å²) >= 11 is 0. The van der Waals surface area contributed by atoms with E-state index in [1.165, 1.54) is 11.1 Å². The summed E-state index contributed by atoms with van der Waals surface area (Å²) in [5.41, 5.74) is 2.39. The molecule has 21 heavy (non-hydrogen) atoms. The average molecular weight is 291 g/mol. The first kappa shape index (κ1) is 14.8. The summed E-state index contributed by atoms with van der Waals surface area (Å²) in [6.07, 6.45) is 2.80. The second-order valence-electron chi connectivity index (χ2n) is 6.17. The van der Waals surface area contributed by atoms with Gasteiger partial charge in [0.1, 0.15) is 11.9 Å². The molecule has 2 fully saturated rings. The first-order valence-electron chi connectivity index (χ1n) is 7.81. The maximum atomic E-state index is 6.33. The third-order valence-electron chi connectivity index (χ3n) is 4.60. The second kappa shape index (κ2) is 5.95. The van der Waals surface area contributed by atoms with Crippen LogP contribution in [0.3, 0.4) is 0 Å². The average Bonchev–Trinajstić information content (AvgIpc) is 2.91. The SMILES string of the molecule is CNC1CCC2(CC1Oc1cc(C)ccc1C)OCCO2. The summed E-state index contributed by atoms with van der Waals surface area (Å²) in [6, 6.07) is 6.67. The zero-order valence-corrected chi connectivity index (χ0v) is 13.1. The molecular formula is C17H25NO3. The van der Waals surface area contributed by atoms with Crippen LogP contribution in [0.25, 0.3) is 0 Å². The molecule has 0 aromatic heterocycles. The van der Waals surface area contributed by atoms with Crippen molar-refractivity contribution in [2.45, 2.75) is 51.0 Å². The lowest BCUT2D eigenvalue weighted by atomic mass is 9.87. The van der Waals surface area contributed by atoms with Gasteiger partial charge in [0.2, 0.25) is 0 Å². The Kier molecular flexibility index (Phi) is 4.20. The highest BCUT2D eigenvalue weighted by Gasteiger charge is 2.45. The molecule has 0 bridgehead atoms. The Morgan fingerprint density at radius 2 is 2.00 bits per heavy atom. The quantitative estimate of drug-likeness (QED) is 0.929. The van der Waals surface area contributed by atoms with Crippen molar-refractivity contribution >= 4 is 0 Å². The molecule has 1 spiro atoms. The molecule has 3 rings (SSSR count). The minimum atomic E-state index is -0.421. The van der Waals surface area contributed by atoms with E-state index in [4.69, 9.17) is 14.2 Å². The van der Waals surface area contributed by atoms with Gasteiger partial charge in [0.05, 0.1) is 13.2 Å². The van der Waals surface area contributed by atoms with Crippen LogP contribution in [0, 0.1) is 13.8 Å². The molecule has 2 unspecified atom stereocenters. The first-order valence-corrected chi connectivity index (χ1v) is 7.81. The van der Waals surface area contributed by atoms with Gasteiger partial charge in [-0.15, -0.1) is 0 Å². The van der Waals surface area contributed by atoms with Crippen LogP contribution in [0.4, 0.5) is 0 Å². The van der Waals surface area contributed by atoms with Crippen molar-refractivity contribution < 1.29 is 14.2 Å². The van der Waals surface area contributed by atoms with Crippen LogP contribution < -0.4 is 10.1 Å². The van der Waals surface area contributed by atoms with Crippen LogP contribution in [0.2, 0.25) is 0 Å². The lowest BCUT2D eigenvalue weighted by Crippen LogP contribution is -2.52. The number of aryl methyl sites for hydroxylation is 2. The molecule has 1 aromatic rings. The van der Waals surface area contributed by atoms with Crippen LogP contribution in [-0.4, -0.2) is 38.2 Å². The number of hydrogen-bond donors (Lipinski definition) is 1. The molecule has 1 saturated carbocycles. The van der Waals surface area contributed by atoms with Crippen LogP contribution in [-0.2, 0) is 9.47 Å². The molecule has 4 nitrogen and oxygen atoms in total. The normalized spacial score (nSPS) is 28.0. The summed E-state index contributed by atoms with van der Waals surface area (Å²) in [7, 11) is 2.00. The van der Waals surface area contributed by atoms with Crippen molar-refractivity contribution in [3.05, 3.63) is 29.3 Å². The topological polar surface area (TPSA) is 39.7 Å². The van der Waals surface area contributed by atoms with Gasteiger partial charge in [0, 0.05) is 18.9 Å². The molecule has 2 aliphatic rings. The third kappa shape index (κ3) is 3.07. The molecule has 1 aliphatic heterocycles. The number of rotatable bonds is 3. The lowest BCUT2D eigenvalue weighted by molar-refractivity contribution is -0.196. The van der Waals surface area contributed by atoms with Gasteiger partial charge in [-0.1, -0.05) is 12.1 Å². The van der Waals surface area contributed by atoms with Crippen LogP contribution in [0.1, 0.15) is 30.4 Å². The van der Waals surface area contributed by atoms with E-state index in [-0.39, 0.29) is 6.10 Å². The molecule has 2 atom stereocenters. The predicted octanol–water partition coefficient (Wildman–Crippen LogP) is 2.57. The zero-order chi connectivity index (χ0) is 14.9. The van der Waals surface area contributed by atoms with E-state index in [0.717, 1.165) is 25.0 Å². The molecule has 0 amide bonds. The van der Waals surface area contributed by atoms with Gasteiger partial charge in [-0.2, -0.15) is 0 Å². The number of ether oxygens (including phenoxy) is 3. The van der Waals surface area contributed by atoms with Gasteiger partial charge < -0.3 is 19.5 Å². The van der Waals surface area contributed by atoms with Gasteiger partial charge >= 0.3 is 0 Å². The van der Waals surface area contributed by atoms with Crippen molar-refractivity contribution in [1.29, 1.82) is 0 Å². The fourth-order valence-corrected chi connectivity index (χ4v) is 3.32. The van der Waals surface area contributed by atoms with E-state index in [1.54, 1.807) is 0 Å². The van der Waals surface area contributed by atoms with Crippen LogP contribution in [0.5, 0.6) is 5.75 Å². The minimum Gasteiger partial charge on any atom is -0.488 e. The van der Waals surface area contributed by atoms with Gasteiger partial charge in [-0.3, -0.25) is 0 Å². The number of nitrogens with one attached hydrogen (secondary N) is 1. The molecule has 4 heteroatoms. The van der Waals surface area contributed by atoms with E-state index >= 15 is 0 Å². The Hall–Kier alpha value is -1.10. The highest BCUT2D eigenvalue weighted by atomic mass is 16.7. The van der Waals surface area contributed by atoms with Crippen molar-refractivity contribution in [2.24, 2.45) is 0 Å². The van der Waals surface area contributed by atoms with Crippen LogP contribution >= 0.6 is 0 Å². The smallest absolute Gasteiger partial charge is 0.172 e. The second-order valence-corrected chi connectivity index (χ2v) is 6.17. The molecule has 1 N–H and O–H groups in total. The Labute approximate surface area is 126 Å². The molecule has 1 saturated heterocycles. The largest absolute Gasteiger partial charge is 0.488 e. The molecule has 0 radical (unpaired) electrons. The number of hydrogen-bond acceptors (Lipinski definition) is 4. The van der Waals surface area contributed by atoms with Crippen LogP contribution in [0.15, 0.2) is 18.2 Å². The predicted molar refractivity (Wildman–Crippen MR) is 81.7 cm³/mol. The Bertz CT molecular complexity index is 497. The van der Waals surface area contributed by atoms with E-state index in [2.05, 4.69) is 37.4 Å². The van der Waals surface area contributed by atoms with Crippen molar-refractivity contribution in [3.8, 4) is 5.75 Å². The van der Waals surface area contributed by atoms with Gasteiger partial charge in [0.25, 0.3) is 0 Å². The summed E-state index contributed by atoms with van der Waals surface area (Å²) in [4.78, 5) is 0. The Balaban J connectivity index is 1.78. The zero-order valence-electron chi connectivity index (χ0n) is 13.1. The van der Waals surface area contributed by atoms with Crippen molar-refractivity contribution in [3.63, 3.8) is 0 Å². The minimum absolute atomic E-state index is 0.0716. The van der Waals surface area contributed by atoms with E-state index in [0.29, 0.717) is 19.3 Å². The van der Waals surface area contributed by atoms with Gasteiger partial charge in [-0.25, -0.2) is 0 Å². The monoisotopic (exact) mass is 291 g/mol. The van der Waals surface area contributed by atoms with E-state index in [9.17, 15) is 0 Å². The number of benzene rings is 1. The summed E-state index contributed by atoms with van der Waals surface area (Å²) in [5.74, 6) is 0.547. The summed E-state index contributed by atoms with van der Waals surface area (Å²) < 4.78 is 18.1. The highest BCUT2D eigenvalue weighted by Crippen LogP contribution is 2.38. The van der Waals surface area contributed by atoms with Crippen molar-refractivity contribution in [1.82, 2.24) is 5.32 Å². The highest BCUT2D eigenvalue weighted by molar-refractivity contribution is 5.36.